The van der Waals surface area contributed by atoms with Crippen LogP contribution in [0.15, 0.2) is 127 Å². The van der Waals surface area contributed by atoms with E-state index in [-0.39, 0.29) is 0 Å². The highest BCUT2D eigenvalue weighted by Gasteiger charge is 2.18. The Balaban J connectivity index is 1.45. The SMILES string of the molecule is Cc1ccc(N(c2ccc(-c3ccc(I)cc3)cc2)c2ccc3ccc4cccc5ccc2c3c45)cc1. The van der Waals surface area contributed by atoms with Gasteiger partial charge in [-0.15, -0.1) is 0 Å². The second-order valence-corrected chi connectivity index (χ2v) is 10.9. The van der Waals surface area contributed by atoms with Crippen molar-refractivity contribution in [3.8, 4) is 11.1 Å². The fourth-order valence-corrected chi connectivity index (χ4v) is 5.84. The lowest BCUT2D eigenvalue weighted by Crippen LogP contribution is -2.10. The molecule has 0 atom stereocenters. The lowest BCUT2D eigenvalue weighted by molar-refractivity contribution is 1.29. The molecule has 0 unspecified atom stereocenters. The molecule has 0 aliphatic carbocycles. The molecule has 7 aromatic carbocycles. The van der Waals surface area contributed by atoms with E-state index in [1.54, 1.807) is 0 Å². The molecule has 0 N–H and O–H groups in total. The number of benzene rings is 7. The highest BCUT2D eigenvalue weighted by atomic mass is 127. The molecule has 0 saturated heterocycles. The van der Waals surface area contributed by atoms with Crippen LogP contribution in [0.4, 0.5) is 17.1 Å². The highest BCUT2D eigenvalue weighted by Crippen LogP contribution is 2.44. The molecule has 7 aromatic rings. The molecular formula is C35H24IN. The monoisotopic (exact) mass is 585 g/mol. The summed E-state index contributed by atoms with van der Waals surface area (Å²) < 4.78 is 1.25. The molecule has 1 nitrogen and oxygen atoms in total. The lowest BCUT2D eigenvalue weighted by atomic mass is 9.93. The van der Waals surface area contributed by atoms with Gasteiger partial charge in [0.25, 0.3) is 0 Å². The predicted molar refractivity (Wildman–Crippen MR) is 168 cm³/mol. The number of halogens is 1. The average molecular weight is 585 g/mol. The van der Waals surface area contributed by atoms with Crippen molar-refractivity contribution in [2.45, 2.75) is 6.92 Å². The zero-order valence-corrected chi connectivity index (χ0v) is 22.6. The maximum Gasteiger partial charge on any atom is 0.0540 e. The van der Waals surface area contributed by atoms with Crippen molar-refractivity contribution in [1.82, 2.24) is 0 Å². The Morgan fingerprint density at radius 1 is 0.486 bits per heavy atom. The Bertz CT molecular complexity index is 1850. The first-order valence-corrected chi connectivity index (χ1v) is 13.6. The van der Waals surface area contributed by atoms with Gasteiger partial charge in [0.2, 0.25) is 0 Å². The summed E-state index contributed by atoms with van der Waals surface area (Å²) in [4.78, 5) is 2.39. The molecular weight excluding hydrogens is 561 g/mol. The summed E-state index contributed by atoms with van der Waals surface area (Å²) in [7, 11) is 0. The Kier molecular flexibility index (Phi) is 5.37. The van der Waals surface area contributed by atoms with Gasteiger partial charge in [-0.25, -0.2) is 0 Å². The van der Waals surface area contributed by atoms with Crippen LogP contribution in [0.1, 0.15) is 5.56 Å². The van der Waals surface area contributed by atoms with Crippen LogP contribution < -0.4 is 4.90 Å². The number of anilines is 3. The highest BCUT2D eigenvalue weighted by molar-refractivity contribution is 14.1. The smallest absolute Gasteiger partial charge is 0.0540 e. The van der Waals surface area contributed by atoms with Crippen molar-refractivity contribution in [3.05, 3.63) is 137 Å². The maximum atomic E-state index is 2.39. The third-order valence-electron chi connectivity index (χ3n) is 7.34. The molecule has 2 heteroatoms. The van der Waals surface area contributed by atoms with E-state index < -0.39 is 0 Å². The Morgan fingerprint density at radius 3 is 1.65 bits per heavy atom. The molecule has 0 amide bonds. The van der Waals surface area contributed by atoms with Gasteiger partial charge in [-0.3, -0.25) is 0 Å². The number of hydrogen-bond acceptors (Lipinski definition) is 1. The molecule has 0 radical (unpaired) electrons. The number of nitrogens with zero attached hydrogens (tertiary/aromatic N) is 1. The molecule has 0 bridgehead atoms. The van der Waals surface area contributed by atoms with Gasteiger partial charge < -0.3 is 4.90 Å². The van der Waals surface area contributed by atoms with Crippen LogP contribution in [-0.2, 0) is 0 Å². The Morgan fingerprint density at radius 2 is 1.00 bits per heavy atom. The van der Waals surface area contributed by atoms with Gasteiger partial charge in [0.1, 0.15) is 0 Å². The normalized spacial score (nSPS) is 11.5. The van der Waals surface area contributed by atoms with E-state index in [9.17, 15) is 0 Å². The zero-order valence-electron chi connectivity index (χ0n) is 20.4. The van der Waals surface area contributed by atoms with Crippen LogP contribution in [0.3, 0.4) is 0 Å². The van der Waals surface area contributed by atoms with E-state index in [2.05, 4.69) is 162 Å². The molecule has 0 aliphatic rings. The maximum absolute atomic E-state index is 2.39. The minimum Gasteiger partial charge on any atom is -0.310 e. The van der Waals surface area contributed by atoms with Gasteiger partial charge >= 0.3 is 0 Å². The molecule has 0 saturated carbocycles. The van der Waals surface area contributed by atoms with Gasteiger partial charge in [-0.1, -0.05) is 90.5 Å². The quantitative estimate of drug-likeness (QED) is 0.147. The van der Waals surface area contributed by atoms with Gasteiger partial charge in [-0.05, 0) is 110 Å². The van der Waals surface area contributed by atoms with Crippen LogP contribution in [-0.4, -0.2) is 0 Å². The van der Waals surface area contributed by atoms with Crippen LogP contribution in [0.2, 0.25) is 0 Å². The first kappa shape index (κ1) is 22.3. The molecule has 37 heavy (non-hydrogen) atoms. The van der Waals surface area contributed by atoms with Crippen molar-refractivity contribution >= 4 is 72.0 Å². The minimum absolute atomic E-state index is 1.15. The third-order valence-corrected chi connectivity index (χ3v) is 8.06. The first-order valence-electron chi connectivity index (χ1n) is 12.5. The molecule has 0 aliphatic heterocycles. The average Bonchev–Trinajstić information content (AvgIpc) is 2.94. The largest absolute Gasteiger partial charge is 0.310 e. The molecule has 7 rings (SSSR count). The summed E-state index contributed by atoms with van der Waals surface area (Å²) in [6, 6.07) is 46.6. The molecule has 0 heterocycles. The van der Waals surface area contributed by atoms with E-state index in [1.165, 1.54) is 58.3 Å². The summed E-state index contributed by atoms with van der Waals surface area (Å²) >= 11 is 2.35. The Hall–Kier alpha value is -3.89. The second kappa shape index (κ2) is 8.89. The number of rotatable bonds is 4. The van der Waals surface area contributed by atoms with Crippen LogP contribution in [0.25, 0.3) is 43.4 Å². The van der Waals surface area contributed by atoms with E-state index in [1.807, 2.05) is 0 Å². The molecule has 0 fully saturated rings. The van der Waals surface area contributed by atoms with E-state index in [4.69, 9.17) is 0 Å². The first-order chi connectivity index (χ1) is 18.2. The number of hydrogen-bond donors (Lipinski definition) is 0. The Labute approximate surface area is 230 Å². The zero-order chi connectivity index (χ0) is 24.9. The van der Waals surface area contributed by atoms with Gasteiger partial charge in [-0.2, -0.15) is 0 Å². The summed E-state index contributed by atoms with van der Waals surface area (Å²) in [5.41, 5.74) is 7.21. The van der Waals surface area contributed by atoms with Crippen LogP contribution in [0, 0.1) is 10.5 Å². The van der Waals surface area contributed by atoms with E-state index >= 15 is 0 Å². The summed E-state index contributed by atoms with van der Waals surface area (Å²) in [5, 5.41) is 7.80. The summed E-state index contributed by atoms with van der Waals surface area (Å²) in [5.74, 6) is 0. The van der Waals surface area contributed by atoms with Crippen molar-refractivity contribution in [3.63, 3.8) is 0 Å². The summed E-state index contributed by atoms with van der Waals surface area (Å²) in [6.07, 6.45) is 0. The van der Waals surface area contributed by atoms with Crippen LogP contribution >= 0.6 is 22.6 Å². The fraction of sp³-hybridized carbons (Fsp3) is 0.0286. The van der Waals surface area contributed by atoms with Crippen molar-refractivity contribution in [2.24, 2.45) is 0 Å². The van der Waals surface area contributed by atoms with Crippen LogP contribution in [0.5, 0.6) is 0 Å². The fourth-order valence-electron chi connectivity index (χ4n) is 5.48. The summed E-state index contributed by atoms with van der Waals surface area (Å²) in [6.45, 7) is 2.14. The second-order valence-electron chi connectivity index (χ2n) is 9.67. The standard InChI is InChI=1S/C35H24IN/c1-23-5-17-30(18-6-23)37(31-19-11-25(12-20-31)24-9-15-29(36)16-10-24)33-22-14-28-8-7-26-3-2-4-27-13-21-32(33)35(28)34(26)27/h2-22H,1H3. The topological polar surface area (TPSA) is 3.24 Å². The van der Waals surface area contributed by atoms with Crippen molar-refractivity contribution in [1.29, 1.82) is 0 Å². The molecule has 0 aromatic heterocycles. The van der Waals surface area contributed by atoms with Crippen molar-refractivity contribution in [2.75, 3.05) is 4.90 Å². The predicted octanol–water partition coefficient (Wildman–Crippen LogP) is 10.6. The van der Waals surface area contributed by atoms with E-state index in [0.717, 1.165) is 11.4 Å². The van der Waals surface area contributed by atoms with E-state index in [0.29, 0.717) is 0 Å². The van der Waals surface area contributed by atoms with Gasteiger partial charge in [0.05, 0.1) is 5.69 Å². The lowest BCUT2D eigenvalue weighted by Gasteiger charge is -2.28. The third kappa shape index (κ3) is 3.84. The van der Waals surface area contributed by atoms with Gasteiger partial charge in [0, 0.05) is 20.3 Å². The number of aryl methyl sites for hydroxylation is 1. The minimum atomic E-state index is 1.15. The molecule has 176 valence electrons. The molecule has 0 spiro atoms. The van der Waals surface area contributed by atoms with Crippen molar-refractivity contribution < 1.29 is 0 Å². The van der Waals surface area contributed by atoms with Gasteiger partial charge in [0.15, 0.2) is 0 Å².